The second-order valence-corrected chi connectivity index (χ2v) is 7.53. The number of rotatable bonds is 3. The fourth-order valence-electron chi connectivity index (χ4n) is 4.17. The van der Waals surface area contributed by atoms with E-state index in [1.165, 1.54) is 0 Å². The first-order valence-corrected chi connectivity index (χ1v) is 9.77. The number of piperidine rings is 1. The van der Waals surface area contributed by atoms with Gasteiger partial charge in [-0.1, -0.05) is 30.3 Å². The highest BCUT2D eigenvalue weighted by atomic mass is 16.5. The van der Waals surface area contributed by atoms with E-state index < -0.39 is 5.60 Å². The van der Waals surface area contributed by atoms with Gasteiger partial charge in [-0.2, -0.15) is 0 Å². The van der Waals surface area contributed by atoms with Gasteiger partial charge in [0.2, 0.25) is 0 Å². The molecule has 2 fully saturated rings. The molecule has 1 atom stereocenters. The molecule has 1 aromatic carbocycles. The number of anilines is 1. The average Bonchev–Trinajstić information content (AvgIpc) is 3.11. The Kier molecular flexibility index (Phi) is 4.93. The maximum atomic E-state index is 13.2. The summed E-state index contributed by atoms with van der Waals surface area (Å²) in [5, 5.41) is 4.01. The summed E-state index contributed by atoms with van der Waals surface area (Å²) in [6.45, 7) is 5.32. The van der Waals surface area contributed by atoms with E-state index in [-0.39, 0.29) is 18.4 Å². The van der Waals surface area contributed by atoms with Crippen LogP contribution in [0.4, 0.5) is 5.69 Å². The van der Waals surface area contributed by atoms with E-state index in [4.69, 9.17) is 9.26 Å². The summed E-state index contributed by atoms with van der Waals surface area (Å²) in [4.78, 5) is 29.2. The number of hydrogen-bond donors (Lipinski definition) is 0. The third-order valence-electron chi connectivity index (χ3n) is 5.63. The van der Waals surface area contributed by atoms with Crippen molar-refractivity contribution < 1.29 is 18.8 Å². The molecular weight excluding hydrogens is 358 g/mol. The Morgan fingerprint density at radius 3 is 2.79 bits per heavy atom. The van der Waals surface area contributed by atoms with Gasteiger partial charge in [-0.25, -0.2) is 0 Å². The number of carbonyl (C=O) groups is 2. The zero-order valence-corrected chi connectivity index (χ0v) is 16.3. The van der Waals surface area contributed by atoms with Crippen LogP contribution in [0.25, 0.3) is 0 Å². The number of nitrogens with zero attached hydrogens (tertiary/aromatic N) is 3. The van der Waals surface area contributed by atoms with Crippen LogP contribution in [0.2, 0.25) is 0 Å². The summed E-state index contributed by atoms with van der Waals surface area (Å²) in [6.07, 6.45) is 2.29. The van der Waals surface area contributed by atoms with Crippen molar-refractivity contribution in [3.63, 3.8) is 0 Å². The van der Waals surface area contributed by atoms with Crippen molar-refractivity contribution in [3.05, 3.63) is 47.3 Å². The molecule has 2 amide bonds. The molecule has 0 radical (unpaired) electrons. The highest BCUT2D eigenvalue weighted by Gasteiger charge is 2.45. The molecule has 0 N–H and O–H groups in total. The maximum absolute atomic E-state index is 13.2. The molecular formula is C21H25N3O4. The molecule has 2 aliphatic heterocycles. The predicted octanol–water partition coefficient (Wildman–Crippen LogP) is 2.58. The summed E-state index contributed by atoms with van der Waals surface area (Å²) < 4.78 is 11.3. The number of aromatic nitrogens is 1. The lowest BCUT2D eigenvalue weighted by Crippen LogP contribution is -2.62. The van der Waals surface area contributed by atoms with Crippen molar-refractivity contribution in [3.8, 4) is 0 Å². The van der Waals surface area contributed by atoms with E-state index in [1.807, 2.05) is 42.2 Å². The zero-order valence-electron chi connectivity index (χ0n) is 16.3. The van der Waals surface area contributed by atoms with Crippen LogP contribution in [-0.2, 0) is 16.0 Å². The van der Waals surface area contributed by atoms with Gasteiger partial charge in [0.1, 0.15) is 23.5 Å². The maximum Gasteiger partial charge on any atom is 0.259 e. The molecule has 0 aliphatic carbocycles. The molecule has 28 heavy (non-hydrogen) atoms. The second kappa shape index (κ2) is 7.39. The molecule has 0 bridgehead atoms. The van der Waals surface area contributed by atoms with Crippen LogP contribution in [0.5, 0.6) is 0 Å². The molecule has 1 unspecified atom stereocenters. The van der Waals surface area contributed by atoms with Crippen molar-refractivity contribution in [1.29, 1.82) is 0 Å². The van der Waals surface area contributed by atoms with Crippen LogP contribution >= 0.6 is 0 Å². The topological polar surface area (TPSA) is 75.9 Å². The van der Waals surface area contributed by atoms with Gasteiger partial charge in [-0.3, -0.25) is 9.59 Å². The number of benzene rings is 1. The number of morpholine rings is 1. The van der Waals surface area contributed by atoms with Crippen LogP contribution in [0.1, 0.15) is 41.6 Å². The predicted molar refractivity (Wildman–Crippen MR) is 103 cm³/mol. The number of carbonyl (C=O) groups excluding carboxylic acids is 2. The summed E-state index contributed by atoms with van der Waals surface area (Å²) in [7, 11) is 0. The summed E-state index contributed by atoms with van der Waals surface area (Å²) in [5.41, 5.74) is 1.57. The SMILES string of the molecule is CCc1noc(C)c1C(=O)N1CCCC2(C1)CN(c1ccccc1)C(=O)CO2. The number of likely N-dealkylation sites (tertiary alicyclic amines) is 1. The average molecular weight is 383 g/mol. The third kappa shape index (κ3) is 3.30. The highest BCUT2D eigenvalue weighted by molar-refractivity contribution is 5.97. The van der Waals surface area contributed by atoms with E-state index in [9.17, 15) is 9.59 Å². The molecule has 148 valence electrons. The van der Waals surface area contributed by atoms with Gasteiger partial charge in [0.15, 0.2) is 0 Å². The van der Waals surface area contributed by atoms with Crippen molar-refractivity contribution in [1.82, 2.24) is 10.1 Å². The first-order chi connectivity index (χ1) is 13.5. The Labute approximate surface area is 164 Å². The van der Waals surface area contributed by atoms with E-state index in [1.54, 1.807) is 11.8 Å². The first kappa shape index (κ1) is 18.7. The van der Waals surface area contributed by atoms with E-state index in [2.05, 4.69) is 5.16 Å². The summed E-state index contributed by atoms with van der Waals surface area (Å²) >= 11 is 0. The van der Waals surface area contributed by atoms with Gasteiger partial charge >= 0.3 is 0 Å². The number of amides is 2. The van der Waals surface area contributed by atoms with Crippen molar-refractivity contribution in [2.45, 2.75) is 38.7 Å². The minimum atomic E-state index is -0.547. The number of ether oxygens (including phenoxy) is 1. The lowest BCUT2D eigenvalue weighted by molar-refractivity contribution is -0.144. The Morgan fingerprint density at radius 1 is 1.25 bits per heavy atom. The Hall–Kier alpha value is -2.67. The zero-order chi connectivity index (χ0) is 19.7. The van der Waals surface area contributed by atoms with Crippen LogP contribution in [0, 0.1) is 6.92 Å². The van der Waals surface area contributed by atoms with Crippen LogP contribution in [0.15, 0.2) is 34.9 Å². The molecule has 2 aromatic rings. The lowest BCUT2D eigenvalue weighted by atomic mass is 9.89. The normalized spacial score (nSPS) is 22.7. The molecule has 3 heterocycles. The number of hydrogen-bond acceptors (Lipinski definition) is 5. The minimum Gasteiger partial charge on any atom is -0.361 e. The molecule has 7 nitrogen and oxygen atoms in total. The van der Waals surface area contributed by atoms with Crippen molar-refractivity contribution in [2.75, 3.05) is 31.1 Å². The Bertz CT molecular complexity index is 879. The summed E-state index contributed by atoms with van der Waals surface area (Å²) in [6, 6.07) is 9.62. The number of para-hydroxylation sites is 1. The van der Waals surface area contributed by atoms with Crippen molar-refractivity contribution >= 4 is 17.5 Å². The monoisotopic (exact) mass is 383 g/mol. The standard InChI is InChI=1S/C21H25N3O4/c1-3-17-19(15(2)28-22-17)20(26)23-11-7-10-21(13-23)14-24(18(25)12-27-21)16-8-5-4-6-9-16/h4-6,8-9H,3,7,10-14H2,1-2H3. The largest absolute Gasteiger partial charge is 0.361 e. The van der Waals surface area contributed by atoms with Gasteiger partial charge in [0.25, 0.3) is 11.8 Å². The van der Waals surface area contributed by atoms with Crippen LogP contribution in [-0.4, -0.2) is 53.7 Å². The molecule has 2 saturated heterocycles. The van der Waals surface area contributed by atoms with E-state index >= 15 is 0 Å². The van der Waals surface area contributed by atoms with Crippen molar-refractivity contribution in [2.24, 2.45) is 0 Å². The lowest BCUT2D eigenvalue weighted by Gasteiger charge is -2.47. The van der Waals surface area contributed by atoms with Crippen LogP contribution in [0.3, 0.4) is 0 Å². The Morgan fingerprint density at radius 2 is 2.04 bits per heavy atom. The van der Waals surface area contributed by atoms with Gasteiger partial charge in [-0.05, 0) is 38.3 Å². The first-order valence-electron chi connectivity index (χ1n) is 9.77. The fraction of sp³-hybridized carbons (Fsp3) is 0.476. The molecule has 4 rings (SSSR count). The van der Waals surface area contributed by atoms with Gasteiger partial charge in [0.05, 0.1) is 18.8 Å². The summed E-state index contributed by atoms with van der Waals surface area (Å²) in [5.74, 6) is 0.428. The quantitative estimate of drug-likeness (QED) is 0.814. The minimum absolute atomic E-state index is 0.0312. The van der Waals surface area contributed by atoms with Crippen LogP contribution < -0.4 is 4.90 Å². The smallest absolute Gasteiger partial charge is 0.259 e. The molecule has 7 heteroatoms. The second-order valence-electron chi connectivity index (χ2n) is 7.53. The molecule has 1 aromatic heterocycles. The third-order valence-corrected chi connectivity index (χ3v) is 5.63. The molecule has 2 aliphatic rings. The van der Waals surface area contributed by atoms with E-state index in [0.717, 1.165) is 18.5 Å². The fourth-order valence-corrected chi connectivity index (χ4v) is 4.17. The molecule has 0 saturated carbocycles. The Balaban J connectivity index is 1.56. The van der Waals surface area contributed by atoms with Gasteiger partial charge in [0, 0.05) is 12.2 Å². The van der Waals surface area contributed by atoms with Gasteiger partial charge < -0.3 is 19.1 Å². The van der Waals surface area contributed by atoms with E-state index in [0.29, 0.717) is 43.1 Å². The highest BCUT2D eigenvalue weighted by Crippen LogP contribution is 2.32. The number of aryl methyl sites for hydroxylation is 2. The van der Waals surface area contributed by atoms with Gasteiger partial charge in [-0.15, -0.1) is 0 Å². The molecule has 1 spiro atoms.